The van der Waals surface area contributed by atoms with E-state index in [0.717, 1.165) is 30.6 Å². The van der Waals surface area contributed by atoms with Gasteiger partial charge in [-0.1, -0.05) is 60.7 Å². The Labute approximate surface area is 142 Å². The molecule has 0 bridgehead atoms. The van der Waals surface area contributed by atoms with Crippen LogP contribution in [0.25, 0.3) is 6.08 Å². The number of carbonyl (C=O) groups excluding carboxylic acids is 1. The van der Waals surface area contributed by atoms with Gasteiger partial charge in [-0.05, 0) is 35.4 Å². The fourth-order valence-electron chi connectivity index (χ4n) is 2.67. The third kappa shape index (κ3) is 4.59. The molecule has 0 saturated carbocycles. The average Bonchev–Trinajstić information content (AvgIpc) is 3.13. The van der Waals surface area contributed by atoms with Crippen molar-refractivity contribution in [3.05, 3.63) is 89.6 Å². The Morgan fingerprint density at radius 1 is 1.04 bits per heavy atom. The maximum Gasteiger partial charge on any atom is 0.331 e. The number of ether oxygens (including phenoxy) is 1. The molecular formula is C21H21NO2. The van der Waals surface area contributed by atoms with E-state index in [2.05, 4.69) is 23.2 Å². The zero-order valence-corrected chi connectivity index (χ0v) is 13.6. The molecule has 0 atom stereocenters. The summed E-state index contributed by atoms with van der Waals surface area (Å²) >= 11 is 0. The largest absolute Gasteiger partial charge is 0.458 e. The molecule has 3 heteroatoms. The molecule has 122 valence electrons. The van der Waals surface area contributed by atoms with Crippen molar-refractivity contribution >= 4 is 12.0 Å². The van der Waals surface area contributed by atoms with Crippen LogP contribution in [-0.4, -0.2) is 17.4 Å². The molecular weight excluding hydrogens is 298 g/mol. The number of esters is 1. The summed E-state index contributed by atoms with van der Waals surface area (Å²) in [6.07, 6.45) is 8.65. The summed E-state index contributed by atoms with van der Waals surface area (Å²) in [7, 11) is 0. The Hall–Kier alpha value is -2.81. The van der Waals surface area contributed by atoms with E-state index >= 15 is 0 Å². The third-order valence-electron chi connectivity index (χ3n) is 3.97. The van der Waals surface area contributed by atoms with Crippen molar-refractivity contribution in [3.8, 4) is 0 Å². The minimum absolute atomic E-state index is 0.297. The number of carbonyl (C=O) groups is 1. The molecule has 0 unspecified atom stereocenters. The lowest BCUT2D eigenvalue weighted by Crippen LogP contribution is -2.15. The van der Waals surface area contributed by atoms with E-state index in [-0.39, 0.29) is 5.97 Å². The van der Waals surface area contributed by atoms with Crippen LogP contribution in [-0.2, 0) is 22.7 Å². The first-order chi connectivity index (χ1) is 11.8. The summed E-state index contributed by atoms with van der Waals surface area (Å²) in [5.41, 5.74) is 3.24. The highest BCUT2D eigenvalue weighted by Gasteiger charge is 2.09. The van der Waals surface area contributed by atoms with Gasteiger partial charge in [-0.3, -0.25) is 0 Å². The van der Waals surface area contributed by atoms with Crippen molar-refractivity contribution in [2.24, 2.45) is 0 Å². The monoisotopic (exact) mass is 319 g/mol. The Morgan fingerprint density at radius 2 is 1.79 bits per heavy atom. The van der Waals surface area contributed by atoms with Gasteiger partial charge in [0.2, 0.25) is 0 Å². The summed E-state index contributed by atoms with van der Waals surface area (Å²) in [6.45, 7) is 2.20. The van der Waals surface area contributed by atoms with Crippen LogP contribution >= 0.6 is 0 Å². The van der Waals surface area contributed by atoms with Gasteiger partial charge < -0.3 is 9.64 Å². The van der Waals surface area contributed by atoms with Crippen molar-refractivity contribution in [2.45, 2.75) is 19.6 Å². The summed E-state index contributed by atoms with van der Waals surface area (Å²) in [5, 5.41) is 0. The molecule has 0 N–H and O–H groups in total. The van der Waals surface area contributed by atoms with E-state index in [0.29, 0.717) is 6.61 Å². The van der Waals surface area contributed by atoms with Gasteiger partial charge in [0.25, 0.3) is 0 Å². The smallest absolute Gasteiger partial charge is 0.331 e. The zero-order valence-electron chi connectivity index (χ0n) is 13.6. The lowest BCUT2D eigenvalue weighted by Gasteiger charge is -2.17. The van der Waals surface area contributed by atoms with E-state index in [1.165, 1.54) is 11.6 Å². The Bertz CT molecular complexity index is 735. The quantitative estimate of drug-likeness (QED) is 0.591. The maximum absolute atomic E-state index is 11.9. The summed E-state index contributed by atoms with van der Waals surface area (Å²) in [5.74, 6) is -0.324. The van der Waals surface area contributed by atoms with Crippen molar-refractivity contribution in [1.29, 1.82) is 0 Å². The van der Waals surface area contributed by atoms with Crippen molar-refractivity contribution in [3.63, 3.8) is 0 Å². The molecule has 0 aromatic heterocycles. The summed E-state index contributed by atoms with van der Waals surface area (Å²) < 4.78 is 5.39. The number of nitrogens with zero attached hydrogens (tertiary/aromatic N) is 1. The van der Waals surface area contributed by atoms with E-state index in [4.69, 9.17) is 4.74 Å². The fourth-order valence-corrected chi connectivity index (χ4v) is 2.67. The van der Waals surface area contributed by atoms with Crippen molar-refractivity contribution in [2.75, 3.05) is 6.54 Å². The predicted molar refractivity (Wildman–Crippen MR) is 95.9 cm³/mol. The van der Waals surface area contributed by atoms with Gasteiger partial charge in [-0.25, -0.2) is 4.79 Å². The molecule has 0 spiro atoms. The Morgan fingerprint density at radius 3 is 2.54 bits per heavy atom. The fraction of sp³-hybridized carbons (Fsp3) is 0.190. The van der Waals surface area contributed by atoms with E-state index in [9.17, 15) is 4.79 Å². The molecule has 2 aromatic rings. The van der Waals surface area contributed by atoms with E-state index < -0.39 is 0 Å². The topological polar surface area (TPSA) is 29.5 Å². The summed E-state index contributed by atoms with van der Waals surface area (Å²) in [4.78, 5) is 14.2. The molecule has 3 nitrogen and oxygen atoms in total. The minimum Gasteiger partial charge on any atom is -0.458 e. The van der Waals surface area contributed by atoms with Gasteiger partial charge >= 0.3 is 5.97 Å². The predicted octanol–water partition coefficient (Wildman–Crippen LogP) is 4.16. The van der Waals surface area contributed by atoms with Crippen LogP contribution in [0.15, 0.2) is 72.9 Å². The average molecular weight is 319 g/mol. The summed E-state index contributed by atoms with van der Waals surface area (Å²) in [6, 6.07) is 17.8. The molecule has 1 aliphatic heterocycles. The second-order valence-corrected chi connectivity index (χ2v) is 5.76. The van der Waals surface area contributed by atoms with Crippen molar-refractivity contribution in [1.82, 2.24) is 4.90 Å². The Balaban J connectivity index is 1.57. The highest BCUT2D eigenvalue weighted by Crippen LogP contribution is 2.16. The first-order valence-corrected chi connectivity index (χ1v) is 8.18. The SMILES string of the molecule is O=C(C=Cc1ccccc1)OCc1ccccc1CN1C=CCC1. The second kappa shape index (κ2) is 8.16. The number of hydrogen-bond donors (Lipinski definition) is 0. The van der Waals surface area contributed by atoms with Gasteiger partial charge in [0.05, 0.1) is 0 Å². The highest BCUT2D eigenvalue weighted by atomic mass is 16.5. The normalized spacial score (nSPS) is 13.6. The van der Waals surface area contributed by atoms with Gasteiger partial charge in [-0.2, -0.15) is 0 Å². The number of hydrogen-bond acceptors (Lipinski definition) is 3. The zero-order chi connectivity index (χ0) is 16.6. The highest BCUT2D eigenvalue weighted by molar-refractivity contribution is 5.87. The first kappa shape index (κ1) is 16.1. The van der Waals surface area contributed by atoms with Crippen LogP contribution in [0.4, 0.5) is 0 Å². The van der Waals surface area contributed by atoms with Gasteiger partial charge in [0.1, 0.15) is 6.61 Å². The maximum atomic E-state index is 11.9. The molecule has 2 aromatic carbocycles. The van der Waals surface area contributed by atoms with Crippen molar-refractivity contribution < 1.29 is 9.53 Å². The third-order valence-corrected chi connectivity index (χ3v) is 3.97. The van der Waals surface area contributed by atoms with E-state index in [1.54, 1.807) is 6.08 Å². The molecule has 3 rings (SSSR count). The molecule has 1 aliphatic rings. The lowest BCUT2D eigenvalue weighted by atomic mass is 10.1. The first-order valence-electron chi connectivity index (χ1n) is 8.18. The van der Waals surface area contributed by atoms with Crippen LogP contribution in [0, 0.1) is 0 Å². The van der Waals surface area contributed by atoms with Crippen LogP contribution in [0.1, 0.15) is 23.1 Å². The number of rotatable bonds is 6. The van der Waals surface area contributed by atoms with Gasteiger partial charge in [0, 0.05) is 19.2 Å². The van der Waals surface area contributed by atoms with Crippen LogP contribution in [0.5, 0.6) is 0 Å². The Kier molecular flexibility index (Phi) is 5.46. The lowest BCUT2D eigenvalue weighted by molar-refractivity contribution is -0.138. The molecule has 24 heavy (non-hydrogen) atoms. The van der Waals surface area contributed by atoms with Gasteiger partial charge in [0.15, 0.2) is 0 Å². The van der Waals surface area contributed by atoms with Crippen LogP contribution in [0.2, 0.25) is 0 Å². The standard InChI is InChI=1S/C21H21NO2/c23-21(13-12-18-8-2-1-3-9-18)24-17-20-11-5-4-10-19(20)16-22-14-6-7-15-22/h1-6,8-14H,7,15-17H2. The van der Waals surface area contributed by atoms with Crippen LogP contribution < -0.4 is 0 Å². The second-order valence-electron chi connectivity index (χ2n) is 5.76. The molecule has 0 saturated heterocycles. The molecule has 0 amide bonds. The number of benzene rings is 2. The van der Waals surface area contributed by atoms with Crippen LogP contribution in [0.3, 0.4) is 0 Å². The van der Waals surface area contributed by atoms with E-state index in [1.807, 2.05) is 48.5 Å². The molecule has 0 radical (unpaired) electrons. The molecule has 0 aliphatic carbocycles. The van der Waals surface area contributed by atoms with Gasteiger partial charge in [-0.15, -0.1) is 0 Å². The molecule has 1 heterocycles. The molecule has 0 fully saturated rings. The minimum atomic E-state index is -0.324.